The summed E-state index contributed by atoms with van der Waals surface area (Å²) in [4.78, 5) is 0. The Hall–Kier alpha value is -2.24. The number of rotatable bonds is 5. The molecule has 0 saturated heterocycles. The average molecular weight is 350 g/mol. The van der Waals surface area contributed by atoms with E-state index in [0.717, 1.165) is 11.3 Å². The fourth-order valence-corrected chi connectivity index (χ4v) is 2.41. The van der Waals surface area contributed by atoms with Gasteiger partial charge in [0.15, 0.2) is 0 Å². The zero-order valence-electron chi connectivity index (χ0n) is 12.2. The van der Waals surface area contributed by atoms with E-state index in [4.69, 9.17) is 32.4 Å². The Labute approximate surface area is 143 Å². The first-order valence-electron chi connectivity index (χ1n) is 6.81. The summed E-state index contributed by atoms with van der Waals surface area (Å²) in [6.45, 7) is 0.351. The molecule has 1 heterocycles. The van der Waals surface area contributed by atoms with Crippen molar-refractivity contribution in [3.8, 4) is 17.2 Å². The zero-order chi connectivity index (χ0) is 16.2. The van der Waals surface area contributed by atoms with Crippen molar-refractivity contribution >= 4 is 28.9 Å². The summed E-state index contributed by atoms with van der Waals surface area (Å²) in [6.07, 6.45) is 0. The molecule has 0 aliphatic carbocycles. The molecular formula is C16H13Cl2N3O2. The molecule has 1 N–H and O–H groups in total. The molecule has 0 aliphatic heterocycles. The second kappa shape index (κ2) is 6.89. The smallest absolute Gasteiger partial charge is 0.247 e. The summed E-state index contributed by atoms with van der Waals surface area (Å²) in [5.41, 5.74) is 1.53. The van der Waals surface area contributed by atoms with E-state index in [0.29, 0.717) is 34.1 Å². The predicted molar refractivity (Wildman–Crippen MR) is 90.1 cm³/mol. The first-order chi connectivity index (χ1) is 11.2. The molecule has 0 fully saturated rings. The molecule has 3 rings (SSSR count). The van der Waals surface area contributed by atoms with Gasteiger partial charge in [0.2, 0.25) is 11.8 Å². The molecule has 0 bridgehead atoms. The van der Waals surface area contributed by atoms with Crippen LogP contribution in [0.1, 0.15) is 5.89 Å². The number of methoxy groups -OCH3 is 1. The molecule has 0 unspecified atom stereocenters. The SMILES string of the molecule is COc1ccc(Cl)cc1NCc1nnc(-c2cccc(Cl)c2)o1. The highest BCUT2D eigenvalue weighted by atomic mass is 35.5. The Balaban J connectivity index is 1.74. The van der Waals surface area contributed by atoms with Crippen LogP contribution in [0, 0.1) is 0 Å². The van der Waals surface area contributed by atoms with Crippen LogP contribution in [-0.4, -0.2) is 17.3 Å². The maximum atomic E-state index is 6.00. The van der Waals surface area contributed by atoms with Crippen LogP contribution in [0.5, 0.6) is 5.75 Å². The number of aromatic nitrogens is 2. The molecule has 2 aromatic carbocycles. The monoisotopic (exact) mass is 349 g/mol. The van der Waals surface area contributed by atoms with Gasteiger partial charge in [0.05, 0.1) is 19.3 Å². The van der Waals surface area contributed by atoms with E-state index in [9.17, 15) is 0 Å². The average Bonchev–Trinajstić information content (AvgIpc) is 3.02. The number of benzene rings is 2. The lowest BCUT2D eigenvalue weighted by Crippen LogP contribution is -2.01. The van der Waals surface area contributed by atoms with Crippen molar-refractivity contribution in [3.05, 3.63) is 58.4 Å². The van der Waals surface area contributed by atoms with Crippen molar-refractivity contribution in [2.45, 2.75) is 6.54 Å². The lowest BCUT2D eigenvalue weighted by Gasteiger charge is -2.09. The Kier molecular flexibility index (Phi) is 4.69. The van der Waals surface area contributed by atoms with Gasteiger partial charge in [-0.25, -0.2) is 0 Å². The normalized spacial score (nSPS) is 10.6. The van der Waals surface area contributed by atoms with Crippen LogP contribution in [0.2, 0.25) is 10.0 Å². The van der Waals surface area contributed by atoms with E-state index in [1.807, 2.05) is 12.1 Å². The molecule has 23 heavy (non-hydrogen) atoms. The maximum absolute atomic E-state index is 6.00. The van der Waals surface area contributed by atoms with Crippen LogP contribution in [0.4, 0.5) is 5.69 Å². The molecule has 118 valence electrons. The molecule has 0 radical (unpaired) electrons. The molecule has 7 heteroatoms. The van der Waals surface area contributed by atoms with Gasteiger partial charge in [-0.3, -0.25) is 0 Å². The van der Waals surface area contributed by atoms with Crippen molar-refractivity contribution in [1.29, 1.82) is 0 Å². The Morgan fingerprint density at radius 1 is 1.09 bits per heavy atom. The third-order valence-electron chi connectivity index (χ3n) is 3.13. The Bertz CT molecular complexity index is 821. The third kappa shape index (κ3) is 3.75. The van der Waals surface area contributed by atoms with Crippen LogP contribution in [-0.2, 0) is 6.54 Å². The van der Waals surface area contributed by atoms with Crippen molar-refractivity contribution < 1.29 is 9.15 Å². The molecule has 0 atom stereocenters. The summed E-state index contributed by atoms with van der Waals surface area (Å²) in [7, 11) is 1.60. The molecule has 0 spiro atoms. The second-order valence-electron chi connectivity index (χ2n) is 4.71. The summed E-state index contributed by atoms with van der Waals surface area (Å²) in [5.74, 6) is 1.55. The fraction of sp³-hybridized carbons (Fsp3) is 0.125. The van der Waals surface area contributed by atoms with Crippen LogP contribution < -0.4 is 10.1 Å². The van der Waals surface area contributed by atoms with Gasteiger partial charge in [0.1, 0.15) is 5.75 Å². The summed E-state index contributed by atoms with van der Waals surface area (Å²) in [5, 5.41) is 12.4. The van der Waals surface area contributed by atoms with Gasteiger partial charge < -0.3 is 14.5 Å². The third-order valence-corrected chi connectivity index (χ3v) is 3.60. The van der Waals surface area contributed by atoms with Crippen molar-refractivity contribution in [3.63, 3.8) is 0 Å². The highest BCUT2D eigenvalue weighted by Gasteiger charge is 2.10. The number of hydrogen-bond donors (Lipinski definition) is 1. The fourth-order valence-electron chi connectivity index (χ4n) is 2.05. The van der Waals surface area contributed by atoms with E-state index in [2.05, 4.69) is 15.5 Å². The van der Waals surface area contributed by atoms with Gasteiger partial charge >= 0.3 is 0 Å². The highest BCUT2D eigenvalue weighted by Crippen LogP contribution is 2.28. The Morgan fingerprint density at radius 2 is 1.91 bits per heavy atom. The predicted octanol–water partition coefficient (Wildman–Crippen LogP) is 4.66. The largest absolute Gasteiger partial charge is 0.495 e. The van der Waals surface area contributed by atoms with Gasteiger partial charge in [0.25, 0.3) is 0 Å². The van der Waals surface area contributed by atoms with Gasteiger partial charge in [-0.05, 0) is 36.4 Å². The first-order valence-corrected chi connectivity index (χ1v) is 7.57. The van der Waals surface area contributed by atoms with Gasteiger partial charge in [-0.15, -0.1) is 10.2 Å². The van der Waals surface area contributed by atoms with Crippen LogP contribution in [0.15, 0.2) is 46.9 Å². The highest BCUT2D eigenvalue weighted by molar-refractivity contribution is 6.31. The first kappa shape index (κ1) is 15.6. The minimum atomic E-state index is 0.351. The molecule has 3 aromatic rings. The summed E-state index contributed by atoms with van der Waals surface area (Å²) >= 11 is 12.0. The topological polar surface area (TPSA) is 60.2 Å². The molecule has 1 aromatic heterocycles. The van der Waals surface area contributed by atoms with E-state index in [1.54, 1.807) is 37.4 Å². The maximum Gasteiger partial charge on any atom is 0.247 e. The number of anilines is 1. The minimum Gasteiger partial charge on any atom is -0.495 e. The van der Waals surface area contributed by atoms with Crippen molar-refractivity contribution in [1.82, 2.24) is 10.2 Å². The van der Waals surface area contributed by atoms with Gasteiger partial charge in [-0.2, -0.15) is 0 Å². The zero-order valence-corrected chi connectivity index (χ0v) is 13.7. The number of nitrogens with one attached hydrogen (secondary N) is 1. The Morgan fingerprint density at radius 3 is 2.70 bits per heavy atom. The quantitative estimate of drug-likeness (QED) is 0.725. The molecule has 0 saturated carbocycles. The summed E-state index contributed by atoms with van der Waals surface area (Å²) < 4.78 is 10.9. The van der Waals surface area contributed by atoms with Gasteiger partial charge in [-0.1, -0.05) is 29.3 Å². The van der Waals surface area contributed by atoms with Crippen molar-refractivity contribution in [2.75, 3.05) is 12.4 Å². The van der Waals surface area contributed by atoms with Crippen LogP contribution >= 0.6 is 23.2 Å². The van der Waals surface area contributed by atoms with Crippen molar-refractivity contribution in [2.24, 2.45) is 0 Å². The second-order valence-corrected chi connectivity index (χ2v) is 5.58. The van der Waals surface area contributed by atoms with Gasteiger partial charge in [0, 0.05) is 15.6 Å². The van der Waals surface area contributed by atoms with E-state index < -0.39 is 0 Å². The van der Waals surface area contributed by atoms with E-state index >= 15 is 0 Å². The molecule has 0 aliphatic rings. The number of hydrogen-bond acceptors (Lipinski definition) is 5. The molecular weight excluding hydrogens is 337 g/mol. The minimum absolute atomic E-state index is 0.351. The molecule has 0 amide bonds. The molecule has 5 nitrogen and oxygen atoms in total. The van der Waals surface area contributed by atoms with Crippen LogP contribution in [0.3, 0.4) is 0 Å². The summed E-state index contributed by atoms with van der Waals surface area (Å²) in [6, 6.07) is 12.6. The lowest BCUT2D eigenvalue weighted by molar-refractivity contribution is 0.416. The number of ether oxygens (including phenoxy) is 1. The lowest BCUT2D eigenvalue weighted by atomic mass is 10.2. The number of halogens is 2. The standard InChI is InChI=1S/C16H13Cl2N3O2/c1-22-14-6-5-12(18)8-13(14)19-9-15-20-21-16(23-15)10-3-2-4-11(17)7-10/h2-8,19H,9H2,1H3. The van der Waals surface area contributed by atoms with E-state index in [1.165, 1.54) is 0 Å². The van der Waals surface area contributed by atoms with Crippen LogP contribution in [0.25, 0.3) is 11.5 Å². The van der Waals surface area contributed by atoms with E-state index in [-0.39, 0.29) is 0 Å². The number of nitrogens with zero attached hydrogens (tertiary/aromatic N) is 2.